The zero-order valence-corrected chi connectivity index (χ0v) is 64.2. The summed E-state index contributed by atoms with van der Waals surface area (Å²) in [6.07, 6.45) is 5.48. The number of rotatable bonds is 12. The molecule has 0 aliphatic carbocycles. The van der Waals surface area contributed by atoms with Gasteiger partial charge in [0.1, 0.15) is 11.4 Å². The summed E-state index contributed by atoms with van der Waals surface area (Å²) >= 11 is 0. The van der Waals surface area contributed by atoms with Crippen LogP contribution in [-0.2, 0) is 0 Å². The maximum absolute atomic E-state index is 5.20. The fraction of sp³-hybridized carbons (Fsp3) is 0. The topological polar surface area (TPSA) is 180 Å². The lowest BCUT2D eigenvalue weighted by Crippen LogP contribution is -2.01. The van der Waals surface area contributed by atoms with E-state index in [0.29, 0.717) is 46.3 Å². The number of hydrogen-bond donors (Lipinski definition) is 0. The molecule has 0 unspecified atom stereocenters. The highest BCUT2D eigenvalue weighted by Crippen LogP contribution is 2.40. The van der Waals surface area contributed by atoms with Crippen molar-refractivity contribution in [1.82, 2.24) is 69.8 Å². The molecule has 0 spiro atoms. The van der Waals surface area contributed by atoms with Crippen molar-refractivity contribution in [3.63, 3.8) is 0 Å². The molecular weight excluding hydrogens is 1470 g/mol. The first-order valence-corrected chi connectivity index (χ1v) is 39.7. The van der Waals surface area contributed by atoms with Crippen LogP contribution in [-0.4, -0.2) is 69.8 Å². The number of nitrogens with zero attached hydrogens (tertiary/aromatic N) is 14. The largest absolute Gasteiger partial charge is 0.254 e. The van der Waals surface area contributed by atoms with Crippen molar-refractivity contribution in [3.05, 3.63) is 389 Å². The van der Waals surface area contributed by atoms with Gasteiger partial charge in [0.05, 0.1) is 61.2 Å². The zero-order valence-electron chi connectivity index (χ0n) is 64.2. The first-order valence-electron chi connectivity index (χ1n) is 39.7. The van der Waals surface area contributed by atoms with Crippen molar-refractivity contribution in [2.45, 2.75) is 0 Å². The van der Waals surface area contributed by atoms with Crippen LogP contribution in [0.3, 0.4) is 0 Å². The molecule has 23 rings (SSSR count). The van der Waals surface area contributed by atoms with Crippen LogP contribution in [0.25, 0.3) is 234 Å². The molecule has 0 fully saturated rings. The molecule has 10 aromatic heterocycles. The molecule has 14 heteroatoms. The number of aromatic nitrogens is 14. The van der Waals surface area contributed by atoms with Gasteiger partial charge in [0.15, 0.2) is 34.9 Å². The Kier molecular flexibility index (Phi) is 17.5. The van der Waals surface area contributed by atoms with Gasteiger partial charge in [-0.25, -0.2) is 54.8 Å². The molecule has 558 valence electrons. The fourth-order valence-electron chi connectivity index (χ4n) is 16.1. The van der Waals surface area contributed by atoms with Crippen LogP contribution in [0.2, 0.25) is 0 Å². The van der Waals surface area contributed by atoms with Crippen molar-refractivity contribution < 1.29 is 0 Å². The van der Waals surface area contributed by atoms with Crippen molar-refractivity contribution in [2.24, 2.45) is 0 Å². The van der Waals surface area contributed by atoms with Crippen LogP contribution in [0.1, 0.15) is 0 Å². The van der Waals surface area contributed by atoms with Gasteiger partial charge in [-0.05, 0) is 147 Å². The second-order valence-corrected chi connectivity index (χ2v) is 29.6. The van der Waals surface area contributed by atoms with Crippen LogP contribution in [0, 0.1) is 0 Å². The minimum Gasteiger partial charge on any atom is -0.254 e. The zero-order chi connectivity index (χ0) is 79.4. The van der Waals surface area contributed by atoms with E-state index in [-0.39, 0.29) is 0 Å². The van der Waals surface area contributed by atoms with Crippen molar-refractivity contribution >= 4 is 98.0 Å². The van der Waals surface area contributed by atoms with Gasteiger partial charge in [0.2, 0.25) is 0 Å². The van der Waals surface area contributed by atoms with E-state index in [0.717, 1.165) is 187 Å². The Balaban J connectivity index is 0.000000144. The van der Waals surface area contributed by atoms with Crippen molar-refractivity contribution in [3.8, 4) is 136 Å². The first-order chi connectivity index (χ1) is 59.4. The lowest BCUT2D eigenvalue weighted by atomic mass is 9.95. The molecular formula is C106H64N14. The van der Waals surface area contributed by atoms with Crippen molar-refractivity contribution in [2.75, 3.05) is 0 Å². The van der Waals surface area contributed by atoms with Gasteiger partial charge >= 0.3 is 0 Å². The Labute approximate surface area is 687 Å². The van der Waals surface area contributed by atoms with E-state index in [1.54, 1.807) is 0 Å². The second-order valence-electron chi connectivity index (χ2n) is 29.6. The lowest BCUT2D eigenvalue weighted by Gasteiger charge is -2.13. The highest BCUT2D eigenvalue weighted by molar-refractivity contribution is 6.11. The predicted molar refractivity (Wildman–Crippen MR) is 485 cm³/mol. The quantitative estimate of drug-likeness (QED) is 0.105. The van der Waals surface area contributed by atoms with Gasteiger partial charge in [0, 0.05) is 101 Å². The van der Waals surface area contributed by atoms with E-state index in [1.807, 2.05) is 170 Å². The molecule has 10 heterocycles. The Morgan fingerprint density at radius 1 is 0.142 bits per heavy atom. The summed E-state index contributed by atoms with van der Waals surface area (Å²) in [6.45, 7) is 0. The van der Waals surface area contributed by atoms with Crippen LogP contribution >= 0.6 is 0 Å². The predicted octanol–water partition coefficient (Wildman–Crippen LogP) is 25.3. The summed E-state index contributed by atoms with van der Waals surface area (Å²) in [7, 11) is 0. The van der Waals surface area contributed by atoms with E-state index < -0.39 is 0 Å². The average molecular weight is 1530 g/mol. The second kappa shape index (κ2) is 30.0. The minimum atomic E-state index is 0.530. The molecule has 0 atom stereocenters. The number of benzene rings is 13. The molecule has 13 aromatic carbocycles. The highest BCUT2D eigenvalue weighted by Gasteiger charge is 2.20. The van der Waals surface area contributed by atoms with E-state index in [4.69, 9.17) is 54.8 Å². The van der Waals surface area contributed by atoms with Crippen LogP contribution < -0.4 is 0 Å². The monoisotopic (exact) mass is 1530 g/mol. The lowest BCUT2D eigenvalue weighted by molar-refractivity contribution is 1.06. The molecule has 0 aliphatic heterocycles. The summed E-state index contributed by atoms with van der Waals surface area (Å²) in [5.41, 5.74) is 25.0. The number of fused-ring (bicyclic) bond motifs is 11. The minimum absolute atomic E-state index is 0.530. The standard InChI is InChI=1S/C55H33N7.C51H31N7/c1-3-10-36(11-4-1)53-60-54(37-12-5-2-6-13-37)62-55(61-53)50-30-23-41-33-39(21-27-47(41)58-50)38-20-26-46-40(32-38)22-29-48(57-46)44-24-25-45(43-16-8-7-15-42(43)44)49-28-19-35-18-17-34-14-9-31-56-51(34)52(35)59-49;1-3-9-34(10-4-1)49-56-50(35-11-5-2-6-12-35)58-51(57-49)46-26-22-39-30-37(20-24-45(39)55-46)36-19-23-44-38(29-36)21-25-43(54-44)33-17-15-32(16-18-33)42-31-40-13-7-27-52-47(40)48-41(42)14-8-28-53-48/h1-33H;1-31H. The average Bonchev–Trinajstić information content (AvgIpc) is 0.765. The number of pyridine rings is 8. The van der Waals surface area contributed by atoms with Crippen LogP contribution in [0.4, 0.5) is 0 Å². The van der Waals surface area contributed by atoms with Crippen LogP contribution in [0.15, 0.2) is 389 Å². The molecule has 0 radical (unpaired) electrons. The van der Waals surface area contributed by atoms with Gasteiger partial charge in [-0.1, -0.05) is 267 Å². The molecule has 14 nitrogen and oxygen atoms in total. The van der Waals surface area contributed by atoms with Crippen LogP contribution in [0.5, 0.6) is 0 Å². The molecule has 120 heavy (non-hydrogen) atoms. The normalized spacial score (nSPS) is 11.5. The van der Waals surface area contributed by atoms with Gasteiger partial charge in [0.25, 0.3) is 0 Å². The highest BCUT2D eigenvalue weighted by atomic mass is 15.1. The Morgan fingerprint density at radius 3 is 0.917 bits per heavy atom. The Bertz CT molecular complexity index is 7860. The summed E-state index contributed by atoms with van der Waals surface area (Å²) in [6, 6.07) is 127. The molecule has 0 N–H and O–H groups in total. The summed E-state index contributed by atoms with van der Waals surface area (Å²) < 4.78 is 0. The molecule has 0 bridgehead atoms. The SMILES string of the molecule is c1ccc(-c2nc(-c3ccccc3)nc(-c3ccc4cc(-c5ccc6nc(-c7ccc(-c8cc9cccnc9c9ncccc89)cc7)ccc6c5)ccc4n3)n2)cc1.c1ccc(-c2nc(-c3ccccc3)nc(-c3ccc4cc(-c5ccc6nc(-c7ccc(-c8ccc9ccc%10cccnc%10c9n8)c8ccccc78)ccc6c5)ccc4n3)n2)cc1. The maximum Gasteiger partial charge on any atom is 0.182 e. The van der Waals surface area contributed by atoms with Crippen molar-refractivity contribution in [1.29, 1.82) is 0 Å². The molecule has 0 aliphatic rings. The summed E-state index contributed by atoms with van der Waals surface area (Å²) in [4.78, 5) is 68.6. The Morgan fingerprint density at radius 2 is 0.458 bits per heavy atom. The molecule has 0 saturated heterocycles. The molecule has 0 saturated carbocycles. The smallest absolute Gasteiger partial charge is 0.182 e. The van der Waals surface area contributed by atoms with E-state index in [2.05, 4.69) is 233 Å². The molecule has 0 amide bonds. The van der Waals surface area contributed by atoms with E-state index >= 15 is 0 Å². The van der Waals surface area contributed by atoms with Gasteiger partial charge in [-0.2, -0.15) is 0 Å². The third-order valence-electron chi connectivity index (χ3n) is 22.1. The van der Waals surface area contributed by atoms with E-state index in [9.17, 15) is 0 Å². The third kappa shape index (κ3) is 13.4. The molecule has 23 aromatic rings. The van der Waals surface area contributed by atoms with Gasteiger partial charge < -0.3 is 0 Å². The fourth-order valence-corrected chi connectivity index (χ4v) is 16.1. The third-order valence-corrected chi connectivity index (χ3v) is 22.1. The summed E-state index contributed by atoms with van der Waals surface area (Å²) in [5.74, 6) is 3.50. The van der Waals surface area contributed by atoms with Gasteiger partial charge in [-0.3, -0.25) is 15.0 Å². The van der Waals surface area contributed by atoms with E-state index in [1.165, 1.54) is 0 Å². The Hall–Kier alpha value is -16.6. The summed E-state index contributed by atoms with van der Waals surface area (Å²) in [5, 5.41) is 10.8. The number of hydrogen-bond acceptors (Lipinski definition) is 14. The first kappa shape index (κ1) is 70.1. The van der Waals surface area contributed by atoms with Gasteiger partial charge in [-0.15, -0.1) is 0 Å². The maximum atomic E-state index is 5.20.